The molecule has 18 heavy (non-hydrogen) atoms. The van der Waals surface area contributed by atoms with Crippen LogP contribution in [0.5, 0.6) is 0 Å². The number of anilines is 1. The van der Waals surface area contributed by atoms with Crippen LogP contribution in [-0.4, -0.2) is 18.5 Å². The van der Waals surface area contributed by atoms with Crippen molar-refractivity contribution in [2.45, 2.75) is 33.2 Å². The van der Waals surface area contributed by atoms with Gasteiger partial charge in [-0.05, 0) is 37.0 Å². The zero-order valence-corrected chi connectivity index (χ0v) is 11.4. The molecule has 4 nitrogen and oxygen atoms in total. The van der Waals surface area contributed by atoms with E-state index in [1.54, 1.807) is 6.07 Å². The first-order valence-corrected chi connectivity index (χ1v) is 6.31. The van der Waals surface area contributed by atoms with E-state index < -0.39 is 5.91 Å². The van der Waals surface area contributed by atoms with Crippen LogP contribution in [0.15, 0.2) is 18.2 Å². The number of benzene rings is 1. The number of carbonyl (C=O) groups is 1. The number of hydrogen-bond donors (Lipinski definition) is 3. The van der Waals surface area contributed by atoms with Gasteiger partial charge in [0.2, 0.25) is 0 Å². The van der Waals surface area contributed by atoms with Crippen molar-refractivity contribution in [2.24, 2.45) is 17.4 Å². The smallest absolute Gasteiger partial charge is 0.250 e. The highest BCUT2D eigenvalue weighted by atomic mass is 16.1. The molecule has 0 aliphatic rings. The van der Waals surface area contributed by atoms with Gasteiger partial charge in [0.05, 0.1) is 5.56 Å². The summed E-state index contributed by atoms with van der Waals surface area (Å²) in [6.45, 7) is 6.81. The summed E-state index contributed by atoms with van der Waals surface area (Å²) in [5, 5.41) is 3.32. The number of nitrogens with two attached hydrogens (primary N) is 2. The molecule has 0 fully saturated rings. The number of amides is 1. The zero-order valence-electron chi connectivity index (χ0n) is 11.4. The van der Waals surface area contributed by atoms with Crippen LogP contribution in [0.25, 0.3) is 0 Å². The number of hydrogen-bond acceptors (Lipinski definition) is 3. The predicted octanol–water partition coefficient (Wildman–Crippen LogP) is 1.88. The molecule has 0 aromatic heterocycles. The van der Waals surface area contributed by atoms with Crippen molar-refractivity contribution in [1.82, 2.24) is 0 Å². The maximum absolute atomic E-state index is 11.4. The summed E-state index contributed by atoms with van der Waals surface area (Å²) in [5.41, 5.74) is 13.5. The molecule has 0 heterocycles. The van der Waals surface area contributed by atoms with Gasteiger partial charge in [0.25, 0.3) is 5.91 Å². The monoisotopic (exact) mass is 249 g/mol. The Labute approximate surface area is 109 Å². The highest BCUT2D eigenvalue weighted by molar-refractivity contribution is 5.98. The lowest BCUT2D eigenvalue weighted by molar-refractivity contribution is 0.100. The van der Waals surface area contributed by atoms with Crippen molar-refractivity contribution >= 4 is 11.6 Å². The third-order valence-corrected chi connectivity index (χ3v) is 2.84. The molecule has 0 bridgehead atoms. The standard InChI is InChI=1S/C14H23N3O/c1-9(2)6-11(8-15)17-13-7-10(3)4-5-12(13)14(16)18/h4-5,7,9,11,17H,6,8,15H2,1-3H3,(H2,16,18). The van der Waals surface area contributed by atoms with Crippen molar-refractivity contribution in [3.63, 3.8) is 0 Å². The number of primary amides is 1. The fourth-order valence-corrected chi connectivity index (χ4v) is 2.00. The van der Waals surface area contributed by atoms with Gasteiger partial charge in [-0.25, -0.2) is 0 Å². The predicted molar refractivity (Wildman–Crippen MR) is 75.6 cm³/mol. The summed E-state index contributed by atoms with van der Waals surface area (Å²) in [6, 6.07) is 5.72. The van der Waals surface area contributed by atoms with Crippen molar-refractivity contribution in [1.29, 1.82) is 0 Å². The molecule has 1 aromatic carbocycles. The average Bonchev–Trinajstić information content (AvgIpc) is 2.27. The first-order chi connectivity index (χ1) is 8.43. The number of rotatable bonds is 6. The Morgan fingerprint density at radius 3 is 2.56 bits per heavy atom. The van der Waals surface area contributed by atoms with E-state index in [1.807, 2.05) is 19.1 Å². The molecular formula is C14H23N3O. The lowest BCUT2D eigenvalue weighted by atomic mass is 10.0. The minimum absolute atomic E-state index is 0.157. The molecule has 1 unspecified atom stereocenters. The second-order valence-corrected chi connectivity index (χ2v) is 5.12. The first-order valence-electron chi connectivity index (χ1n) is 6.31. The number of nitrogens with one attached hydrogen (secondary N) is 1. The van der Waals surface area contributed by atoms with Crippen molar-refractivity contribution in [2.75, 3.05) is 11.9 Å². The highest BCUT2D eigenvalue weighted by Gasteiger charge is 2.13. The second-order valence-electron chi connectivity index (χ2n) is 5.12. The summed E-state index contributed by atoms with van der Waals surface area (Å²) in [5.74, 6) is 0.130. The highest BCUT2D eigenvalue weighted by Crippen LogP contribution is 2.19. The van der Waals surface area contributed by atoms with Gasteiger partial charge in [0.15, 0.2) is 0 Å². The van der Waals surface area contributed by atoms with Gasteiger partial charge in [0, 0.05) is 18.3 Å². The van der Waals surface area contributed by atoms with Gasteiger partial charge in [-0.15, -0.1) is 0 Å². The molecule has 5 N–H and O–H groups in total. The second kappa shape index (κ2) is 6.40. The molecule has 0 radical (unpaired) electrons. The molecular weight excluding hydrogens is 226 g/mol. The quantitative estimate of drug-likeness (QED) is 0.720. The summed E-state index contributed by atoms with van der Waals surface area (Å²) < 4.78 is 0. The Morgan fingerprint density at radius 1 is 1.39 bits per heavy atom. The van der Waals surface area contributed by atoms with E-state index in [0.29, 0.717) is 18.0 Å². The molecule has 0 aliphatic heterocycles. The summed E-state index contributed by atoms with van der Waals surface area (Å²) in [6.07, 6.45) is 0.961. The van der Waals surface area contributed by atoms with Gasteiger partial charge in [-0.3, -0.25) is 4.79 Å². The number of carbonyl (C=O) groups excluding carboxylic acids is 1. The maximum Gasteiger partial charge on any atom is 0.250 e. The zero-order chi connectivity index (χ0) is 13.7. The molecule has 1 amide bonds. The van der Waals surface area contributed by atoms with E-state index in [-0.39, 0.29) is 6.04 Å². The molecule has 1 rings (SSSR count). The molecule has 1 atom stereocenters. The fourth-order valence-electron chi connectivity index (χ4n) is 2.00. The van der Waals surface area contributed by atoms with E-state index in [2.05, 4.69) is 19.2 Å². The topological polar surface area (TPSA) is 81.1 Å². The third kappa shape index (κ3) is 4.04. The van der Waals surface area contributed by atoms with Gasteiger partial charge in [-0.1, -0.05) is 19.9 Å². The minimum Gasteiger partial charge on any atom is -0.380 e. The molecule has 100 valence electrons. The summed E-state index contributed by atoms with van der Waals surface area (Å²) >= 11 is 0. The fraction of sp³-hybridized carbons (Fsp3) is 0.500. The van der Waals surface area contributed by atoms with Crippen LogP contribution >= 0.6 is 0 Å². The first kappa shape index (κ1) is 14.5. The van der Waals surface area contributed by atoms with E-state index in [0.717, 1.165) is 17.7 Å². The van der Waals surface area contributed by atoms with Crippen LogP contribution in [0.4, 0.5) is 5.69 Å². The Bertz CT molecular complexity index is 416. The van der Waals surface area contributed by atoms with E-state index >= 15 is 0 Å². The Kier molecular flexibility index (Phi) is 5.16. The average molecular weight is 249 g/mol. The van der Waals surface area contributed by atoms with E-state index in [4.69, 9.17) is 11.5 Å². The maximum atomic E-state index is 11.4. The van der Waals surface area contributed by atoms with E-state index in [9.17, 15) is 4.79 Å². The largest absolute Gasteiger partial charge is 0.380 e. The van der Waals surface area contributed by atoms with Crippen LogP contribution in [0, 0.1) is 12.8 Å². The van der Waals surface area contributed by atoms with E-state index in [1.165, 1.54) is 0 Å². The SMILES string of the molecule is Cc1ccc(C(N)=O)c(NC(CN)CC(C)C)c1. The summed E-state index contributed by atoms with van der Waals surface area (Å²) in [4.78, 5) is 11.4. The molecule has 0 saturated heterocycles. The van der Waals surface area contributed by atoms with Crippen molar-refractivity contribution in [3.8, 4) is 0 Å². The van der Waals surface area contributed by atoms with Crippen molar-refractivity contribution < 1.29 is 4.79 Å². The lowest BCUT2D eigenvalue weighted by Gasteiger charge is -2.21. The lowest BCUT2D eigenvalue weighted by Crippen LogP contribution is -2.31. The molecule has 0 spiro atoms. The van der Waals surface area contributed by atoms with Crippen LogP contribution in [-0.2, 0) is 0 Å². The Balaban J connectivity index is 2.93. The Morgan fingerprint density at radius 2 is 2.06 bits per heavy atom. The van der Waals surface area contributed by atoms with Crippen LogP contribution < -0.4 is 16.8 Å². The molecule has 0 saturated carbocycles. The molecule has 1 aromatic rings. The third-order valence-electron chi connectivity index (χ3n) is 2.84. The Hall–Kier alpha value is -1.55. The normalized spacial score (nSPS) is 12.5. The molecule has 4 heteroatoms. The number of aryl methyl sites for hydroxylation is 1. The van der Waals surface area contributed by atoms with Gasteiger partial charge >= 0.3 is 0 Å². The minimum atomic E-state index is -0.419. The van der Waals surface area contributed by atoms with Crippen LogP contribution in [0.3, 0.4) is 0 Å². The van der Waals surface area contributed by atoms with Crippen molar-refractivity contribution in [3.05, 3.63) is 29.3 Å². The van der Waals surface area contributed by atoms with Gasteiger partial charge < -0.3 is 16.8 Å². The van der Waals surface area contributed by atoms with Gasteiger partial charge in [0.1, 0.15) is 0 Å². The van der Waals surface area contributed by atoms with Gasteiger partial charge in [-0.2, -0.15) is 0 Å². The van der Waals surface area contributed by atoms with Crippen LogP contribution in [0.2, 0.25) is 0 Å². The molecule has 0 aliphatic carbocycles. The summed E-state index contributed by atoms with van der Waals surface area (Å²) in [7, 11) is 0. The van der Waals surface area contributed by atoms with Crippen LogP contribution in [0.1, 0.15) is 36.2 Å².